The van der Waals surface area contributed by atoms with Gasteiger partial charge in [-0.15, -0.1) is 0 Å². The van der Waals surface area contributed by atoms with Gasteiger partial charge < -0.3 is 9.64 Å². The number of benzene rings is 1. The maximum Gasteiger partial charge on any atom is 0.359 e. The number of ether oxygens (including phenoxy) is 1. The summed E-state index contributed by atoms with van der Waals surface area (Å²) in [5, 5.41) is 0. The third-order valence-corrected chi connectivity index (χ3v) is 4.38. The minimum Gasteiger partial charge on any atom is -0.448 e. The van der Waals surface area contributed by atoms with Crippen molar-refractivity contribution < 1.29 is 14.3 Å². The molecule has 1 aliphatic rings. The van der Waals surface area contributed by atoms with Gasteiger partial charge in [-0.1, -0.05) is 19.1 Å². The van der Waals surface area contributed by atoms with Crippen molar-refractivity contribution in [3.8, 4) is 0 Å². The zero-order chi connectivity index (χ0) is 17.1. The Morgan fingerprint density at radius 1 is 1.21 bits per heavy atom. The zero-order valence-electron chi connectivity index (χ0n) is 13.9. The summed E-state index contributed by atoms with van der Waals surface area (Å²) < 4.78 is 5.29. The Morgan fingerprint density at radius 3 is 2.58 bits per heavy atom. The first kappa shape index (κ1) is 16.4. The smallest absolute Gasteiger partial charge is 0.359 e. The van der Waals surface area contributed by atoms with Crippen molar-refractivity contribution in [3.63, 3.8) is 0 Å². The second-order valence-electron chi connectivity index (χ2n) is 6.30. The van der Waals surface area contributed by atoms with Gasteiger partial charge in [0.05, 0.1) is 17.2 Å². The van der Waals surface area contributed by atoms with Crippen LogP contribution in [0.1, 0.15) is 37.2 Å². The lowest BCUT2D eigenvalue weighted by atomic mass is 9.99. The Labute approximate surface area is 140 Å². The molecule has 0 N–H and O–H groups in total. The third-order valence-electron chi connectivity index (χ3n) is 4.38. The molecule has 6 heteroatoms. The summed E-state index contributed by atoms with van der Waals surface area (Å²) in [5.74, 6) is -0.136. The van der Waals surface area contributed by atoms with E-state index in [1.807, 2.05) is 18.2 Å². The summed E-state index contributed by atoms with van der Waals surface area (Å²) in [7, 11) is 0. The first-order chi connectivity index (χ1) is 11.5. The molecule has 3 rings (SSSR count). The van der Waals surface area contributed by atoms with Gasteiger partial charge in [0, 0.05) is 13.1 Å². The molecule has 24 heavy (non-hydrogen) atoms. The molecule has 6 nitrogen and oxygen atoms in total. The number of rotatable bonds is 3. The van der Waals surface area contributed by atoms with E-state index in [2.05, 4.69) is 16.9 Å². The summed E-state index contributed by atoms with van der Waals surface area (Å²) in [6.45, 7) is 5.23. The van der Waals surface area contributed by atoms with E-state index in [-0.39, 0.29) is 11.6 Å². The average molecular weight is 327 g/mol. The van der Waals surface area contributed by atoms with E-state index >= 15 is 0 Å². The van der Waals surface area contributed by atoms with Gasteiger partial charge in [-0.2, -0.15) is 0 Å². The average Bonchev–Trinajstić information content (AvgIpc) is 2.61. The number of carbonyl (C=O) groups is 2. The van der Waals surface area contributed by atoms with Crippen LogP contribution in [0.4, 0.5) is 0 Å². The van der Waals surface area contributed by atoms with E-state index in [9.17, 15) is 9.59 Å². The monoisotopic (exact) mass is 327 g/mol. The molecule has 2 aromatic rings. The molecule has 1 saturated heterocycles. The summed E-state index contributed by atoms with van der Waals surface area (Å²) in [4.78, 5) is 34.8. The molecule has 0 radical (unpaired) electrons. The molecule has 126 valence electrons. The van der Waals surface area contributed by atoms with Crippen LogP contribution in [0, 0.1) is 5.92 Å². The Kier molecular flexibility index (Phi) is 4.74. The predicted molar refractivity (Wildman–Crippen MR) is 89.4 cm³/mol. The van der Waals surface area contributed by atoms with Crippen LogP contribution in [0.15, 0.2) is 30.5 Å². The zero-order valence-corrected chi connectivity index (χ0v) is 13.9. The summed E-state index contributed by atoms with van der Waals surface area (Å²) in [5.41, 5.74) is 1.44. The molecule has 0 unspecified atom stereocenters. The second kappa shape index (κ2) is 6.95. The van der Waals surface area contributed by atoms with Crippen molar-refractivity contribution in [2.75, 3.05) is 13.1 Å². The first-order valence-corrected chi connectivity index (χ1v) is 8.26. The molecule has 2 heterocycles. The Morgan fingerprint density at radius 2 is 1.88 bits per heavy atom. The van der Waals surface area contributed by atoms with Crippen molar-refractivity contribution in [1.29, 1.82) is 0 Å². The molecule has 1 aromatic heterocycles. The van der Waals surface area contributed by atoms with Gasteiger partial charge in [0.1, 0.15) is 0 Å². The standard InChI is InChI=1S/C18H21N3O3/c1-12-7-9-21(10-8-12)17(22)13(2)24-18(23)16-11-19-14-5-3-4-6-15(14)20-16/h3-6,11-13H,7-10H2,1-2H3/t13-/m1/s1. The van der Waals surface area contributed by atoms with Gasteiger partial charge in [-0.3, -0.25) is 9.78 Å². The van der Waals surface area contributed by atoms with E-state index in [4.69, 9.17) is 4.74 Å². The van der Waals surface area contributed by atoms with Crippen molar-refractivity contribution in [1.82, 2.24) is 14.9 Å². The molecular weight excluding hydrogens is 306 g/mol. The topological polar surface area (TPSA) is 72.4 Å². The number of hydrogen-bond donors (Lipinski definition) is 0. The number of carbonyl (C=O) groups excluding carboxylic acids is 2. The Balaban J connectivity index is 1.65. The Hall–Kier alpha value is -2.50. The largest absolute Gasteiger partial charge is 0.448 e. The van der Waals surface area contributed by atoms with E-state index in [1.54, 1.807) is 17.9 Å². The number of hydrogen-bond acceptors (Lipinski definition) is 5. The van der Waals surface area contributed by atoms with Gasteiger partial charge in [0.25, 0.3) is 5.91 Å². The van der Waals surface area contributed by atoms with E-state index in [1.165, 1.54) is 6.20 Å². The minimum atomic E-state index is -0.820. The maximum absolute atomic E-state index is 12.4. The molecule has 1 aliphatic heterocycles. The number of aromatic nitrogens is 2. The van der Waals surface area contributed by atoms with Crippen LogP contribution in [0.2, 0.25) is 0 Å². The summed E-state index contributed by atoms with van der Waals surface area (Å²) in [6.07, 6.45) is 2.54. The number of amides is 1. The number of fused-ring (bicyclic) bond motifs is 1. The molecule has 0 saturated carbocycles. The molecule has 1 fully saturated rings. The minimum absolute atomic E-state index is 0.112. The number of nitrogens with zero attached hydrogens (tertiary/aromatic N) is 3. The molecule has 1 atom stereocenters. The van der Waals surface area contributed by atoms with Crippen LogP contribution in [-0.2, 0) is 9.53 Å². The lowest BCUT2D eigenvalue weighted by Gasteiger charge is -2.31. The SMILES string of the molecule is CC1CCN(C(=O)[C@@H](C)OC(=O)c2cnc3ccccc3n2)CC1. The van der Waals surface area contributed by atoms with Crippen molar-refractivity contribution in [3.05, 3.63) is 36.2 Å². The number of likely N-dealkylation sites (tertiary alicyclic amines) is 1. The van der Waals surface area contributed by atoms with Crippen LogP contribution < -0.4 is 0 Å². The second-order valence-corrected chi connectivity index (χ2v) is 6.30. The van der Waals surface area contributed by atoms with Crippen LogP contribution in [0.25, 0.3) is 11.0 Å². The van der Waals surface area contributed by atoms with Crippen LogP contribution in [0.5, 0.6) is 0 Å². The molecule has 0 bridgehead atoms. The fourth-order valence-corrected chi connectivity index (χ4v) is 2.81. The molecular formula is C18H21N3O3. The summed E-state index contributed by atoms with van der Waals surface area (Å²) in [6, 6.07) is 7.29. The Bertz CT molecular complexity index is 754. The van der Waals surface area contributed by atoms with Gasteiger partial charge in [-0.05, 0) is 37.8 Å². The van der Waals surface area contributed by atoms with Crippen molar-refractivity contribution in [2.24, 2.45) is 5.92 Å². The van der Waals surface area contributed by atoms with Gasteiger partial charge >= 0.3 is 5.97 Å². The summed E-state index contributed by atoms with van der Waals surface area (Å²) >= 11 is 0. The highest BCUT2D eigenvalue weighted by atomic mass is 16.5. The molecule has 0 spiro atoms. The highest BCUT2D eigenvalue weighted by Gasteiger charge is 2.27. The van der Waals surface area contributed by atoms with Gasteiger partial charge in [0.2, 0.25) is 0 Å². The van der Waals surface area contributed by atoms with Crippen LogP contribution in [0.3, 0.4) is 0 Å². The highest BCUT2D eigenvalue weighted by molar-refractivity contribution is 5.92. The first-order valence-electron chi connectivity index (χ1n) is 8.26. The van der Waals surface area contributed by atoms with Gasteiger partial charge in [-0.25, -0.2) is 9.78 Å². The number of para-hydroxylation sites is 2. The number of piperidine rings is 1. The number of esters is 1. The van der Waals surface area contributed by atoms with Crippen molar-refractivity contribution in [2.45, 2.75) is 32.8 Å². The normalized spacial score (nSPS) is 16.8. The molecule has 0 aliphatic carbocycles. The quantitative estimate of drug-likeness (QED) is 0.810. The lowest BCUT2D eigenvalue weighted by molar-refractivity contribution is -0.141. The maximum atomic E-state index is 12.4. The predicted octanol–water partition coefficient (Wildman–Crippen LogP) is 2.43. The van der Waals surface area contributed by atoms with E-state index in [0.29, 0.717) is 17.0 Å². The van der Waals surface area contributed by atoms with Crippen molar-refractivity contribution >= 4 is 22.9 Å². The molecule has 1 amide bonds. The van der Waals surface area contributed by atoms with Gasteiger partial charge in [0.15, 0.2) is 11.8 Å². The van der Waals surface area contributed by atoms with E-state index < -0.39 is 12.1 Å². The van der Waals surface area contributed by atoms with Crippen LogP contribution >= 0.6 is 0 Å². The fraction of sp³-hybridized carbons (Fsp3) is 0.444. The lowest BCUT2D eigenvalue weighted by Crippen LogP contribution is -2.44. The third kappa shape index (κ3) is 3.53. The van der Waals surface area contributed by atoms with Crippen LogP contribution in [-0.4, -0.2) is 45.9 Å². The highest BCUT2D eigenvalue weighted by Crippen LogP contribution is 2.17. The van der Waals surface area contributed by atoms with E-state index in [0.717, 1.165) is 25.9 Å². The molecule has 1 aromatic carbocycles. The fourth-order valence-electron chi connectivity index (χ4n) is 2.81.